The summed E-state index contributed by atoms with van der Waals surface area (Å²) in [6.45, 7) is 23.3. The van der Waals surface area contributed by atoms with E-state index in [1.54, 1.807) is 24.3 Å². The van der Waals surface area contributed by atoms with E-state index in [2.05, 4.69) is 158 Å². The van der Waals surface area contributed by atoms with Crippen molar-refractivity contribution in [3.8, 4) is 0 Å². The average Bonchev–Trinajstić information content (AvgIpc) is 1.58. The van der Waals surface area contributed by atoms with E-state index < -0.39 is 35.8 Å². The minimum Gasteiger partial charge on any atom is -0.379 e. The topological polar surface area (TPSA) is 170 Å². The minimum atomic E-state index is -1.72. The van der Waals surface area contributed by atoms with E-state index in [-0.39, 0.29) is 42.8 Å². The Morgan fingerprint density at radius 1 is 0.383 bits per heavy atom. The van der Waals surface area contributed by atoms with Gasteiger partial charge in [0.1, 0.15) is 23.9 Å². The second-order valence-corrected chi connectivity index (χ2v) is 33.4. The number of nitrogens with one attached hydrogen (secondary N) is 3. The third-order valence-electron chi connectivity index (χ3n) is 25.1. The summed E-state index contributed by atoms with van der Waals surface area (Å²) in [5.74, 6) is -1.99. The monoisotopic (exact) mass is 1620 g/mol. The summed E-state index contributed by atoms with van der Waals surface area (Å²) >= 11 is 5.91. The second-order valence-electron chi connectivity index (χ2n) is 33.0. The van der Waals surface area contributed by atoms with Crippen LogP contribution in [-0.2, 0) is 64.4 Å². The number of carbonyl (C=O) groups excluding carboxylic acids is 6. The standard InChI is InChI=1S/C37H37N3O2.C35H32ClFN4O2.C29H29N3O3/c1-25-10-16-34(36(41)38-25)40-33-17-15-30(31-8-5-9-32(35(31)33)37(40)42)23-27-13-11-26(12-14-27)22-28-18-20-39(21-19-28)24-29-6-3-2-4-7-29;1-22-5-12-32(34(42)38-22)41-31-13-10-25(27-3-2-4-28(33(27)31)35(41)43)19-23-6-8-24(9-7-23)21-39-15-17-40(18-16-39)30-14-11-26(36)20-29(30)37;1-19-5-11-26(28(33)30-19)32-25-12-10-22(23-3-2-4-24(27(23)25)29(32)34)17-20-6-8-21(9-7-20)18-31-13-15-35-16-14-31/h2-9,11-15,17,28,34H,1,10,16,18-24H2,(H,38,41);2-4,6-11,13-14,20,32H,1,5,12,15-19,21H2,(H,38,42);2-4,6-10,12,26H,1,5,11,13-18H2,(H,30,33)/i34D;32D;26D. The molecule has 6 saturated heterocycles. The van der Waals surface area contributed by atoms with Gasteiger partial charge < -0.3 is 25.6 Å². The number of benzene rings is 11. The van der Waals surface area contributed by atoms with E-state index in [0.717, 1.165) is 165 Å². The predicted octanol–water partition coefficient (Wildman–Crippen LogP) is 17.0. The first kappa shape index (κ1) is 75.6. The molecule has 6 fully saturated rings. The molecule has 9 aliphatic rings. The zero-order chi connectivity index (χ0) is 85.0. The maximum Gasteiger partial charge on any atom is 0.259 e. The van der Waals surface area contributed by atoms with E-state index in [9.17, 15) is 33.2 Å². The van der Waals surface area contributed by atoms with Crippen molar-refractivity contribution < 1.29 is 42.0 Å². The van der Waals surface area contributed by atoms with Crippen LogP contribution in [0.3, 0.4) is 0 Å². The number of ether oxygens (including phenoxy) is 1. The Labute approximate surface area is 708 Å². The molecule has 3 N–H and O–H groups in total. The smallest absolute Gasteiger partial charge is 0.259 e. The normalized spacial score (nSPS) is 21.8. The first-order chi connectivity index (χ1) is 59.5. The number of likely N-dealkylation sites (tertiary alicyclic amines) is 1. The number of allylic oxidation sites excluding steroid dienone is 3. The molecule has 9 heterocycles. The van der Waals surface area contributed by atoms with Crippen molar-refractivity contribution in [2.24, 2.45) is 5.92 Å². The molecule has 0 radical (unpaired) electrons. The van der Waals surface area contributed by atoms with Crippen LogP contribution in [0.2, 0.25) is 5.02 Å². The van der Waals surface area contributed by atoms with Gasteiger partial charge in [0.2, 0.25) is 17.7 Å². The van der Waals surface area contributed by atoms with Crippen LogP contribution in [0.4, 0.5) is 27.1 Å². The van der Waals surface area contributed by atoms with Gasteiger partial charge in [0.15, 0.2) is 0 Å². The number of anilines is 4. The van der Waals surface area contributed by atoms with E-state index in [1.807, 2.05) is 78.9 Å². The molecule has 120 heavy (non-hydrogen) atoms. The number of hydrogen-bond donors (Lipinski definition) is 3. The second kappa shape index (κ2) is 34.4. The highest BCUT2D eigenvalue weighted by atomic mass is 35.5. The minimum absolute atomic E-state index is 0.198. The number of piperazine rings is 1. The number of amides is 6. The Kier molecular flexibility index (Phi) is 21.7. The van der Waals surface area contributed by atoms with Gasteiger partial charge >= 0.3 is 0 Å². The molecule has 3 atom stereocenters. The number of halogens is 2. The maximum absolute atomic E-state index is 14.4. The number of rotatable bonds is 18. The number of hydrogen-bond acceptors (Lipinski definition) is 11. The van der Waals surface area contributed by atoms with Crippen LogP contribution in [0, 0.1) is 11.7 Å². The van der Waals surface area contributed by atoms with Gasteiger partial charge in [0, 0.05) is 114 Å². The largest absolute Gasteiger partial charge is 0.379 e. The molecule has 0 bridgehead atoms. The molecular formula is C101H98ClFN10O7. The Bertz CT molecular complexity index is 6080. The summed E-state index contributed by atoms with van der Waals surface area (Å²) < 4.78 is 46.8. The maximum atomic E-state index is 14.4. The lowest BCUT2D eigenvalue weighted by molar-refractivity contribution is -0.123. The number of piperidine rings is 4. The van der Waals surface area contributed by atoms with Crippen molar-refractivity contribution in [2.75, 3.05) is 85.2 Å². The zero-order valence-corrected chi connectivity index (χ0v) is 68.1. The molecule has 11 aromatic rings. The molecule has 6 amide bonds. The van der Waals surface area contributed by atoms with Crippen LogP contribution in [0.1, 0.15) is 142 Å². The average molecular weight is 1620 g/mol. The zero-order valence-electron chi connectivity index (χ0n) is 70.3. The Balaban J connectivity index is 0.000000126. The molecule has 0 spiro atoms. The lowest BCUT2D eigenvalue weighted by Gasteiger charge is -2.36. The molecule has 0 aromatic heterocycles. The van der Waals surface area contributed by atoms with Crippen molar-refractivity contribution in [1.29, 1.82) is 0 Å². The quantitative estimate of drug-likeness (QED) is 0.0747. The first-order valence-electron chi connectivity index (χ1n) is 43.4. The van der Waals surface area contributed by atoms with Gasteiger partial charge in [-0.3, -0.25) is 58.2 Å². The fourth-order valence-electron chi connectivity index (χ4n) is 18.7. The third kappa shape index (κ3) is 16.4. The Morgan fingerprint density at radius 2 is 0.742 bits per heavy atom. The first-order valence-corrected chi connectivity index (χ1v) is 42.3. The van der Waals surface area contributed by atoms with Gasteiger partial charge in [0.25, 0.3) is 17.7 Å². The summed E-state index contributed by atoms with van der Waals surface area (Å²) in [6.07, 6.45) is 7.80. The van der Waals surface area contributed by atoms with Gasteiger partial charge in [-0.25, -0.2) is 4.39 Å². The van der Waals surface area contributed by atoms with E-state index >= 15 is 0 Å². The van der Waals surface area contributed by atoms with Crippen molar-refractivity contribution in [1.82, 2.24) is 30.7 Å². The van der Waals surface area contributed by atoms with Gasteiger partial charge in [-0.2, -0.15) is 0 Å². The highest BCUT2D eigenvalue weighted by molar-refractivity contribution is 6.31. The molecule has 0 aliphatic carbocycles. The third-order valence-corrected chi connectivity index (χ3v) is 25.3. The van der Waals surface area contributed by atoms with Gasteiger partial charge in [-0.15, -0.1) is 0 Å². The fraction of sp³-hybridized carbons (Fsp3) is 0.287. The van der Waals surface area contributed by atoms with Crippen molar-refractivity contribution >= 4 is 102 Å². The predicted molar refractivity (Wildman–Crippen MR) is 474 cm³/mol. The summed E-state index contributed by atoms with van der Waals surface area (Å²) in [5, 5.41) is 13.9. The van der Waals surface area contributed by atoms with Crippen LogP contribution >= 0.6 is 11.6 Å². The molecule has 17 nitrogen and oxygen atoms in total. The van der Waals surface area contributed by atoms with E-state index in [0.29, 0.717) is 87.2 Å². The Hall–Kier alpha value is -11.9. The molecule has 11 aromatic carbocycles. The lowest BCUT2D eigenvalue weighted by atomic mass is 9.89. The molecule has 20 rings (SSSR count). The molecule has 0 saturated carbocycles. The van der Waals surface area contributed by atoms with Crippen molar-refractivity contribution in [3.63, 3.8) is 0 Å². The van der Waals surface area contributed by atoms with Crippen LogP contribution in [0.5, 0.6) is 0 Å². The molecule has 608 valence electrons. The summed E-state index contributed by atoms with van der Waals surface area (Å²) in [6, 6.07) is 65.7. The summed E-state index contributed by atoms with van der Waals surface area (Å²) in [7, 11) is 0. The van der Waals surface area contributed by atoms with Crippen LogP contribution in [-0.4, -0.2) is 134 Å². The lowest BCUT2D eigenvalue weighted by Crippen LogP contribution is -2.51. The van der Waals surface area contributed by atoms with Crippen molar-refractivity contribution in [3.05, 3.63) is 332 Å². The summed E-state index contributed by atoms with van der Waals surface area (Å²) in [5.41, 5.74) is 18.1. The molecule has 3 unspecified atom stereocenters. The molecule has 19 heteroatoms. The van der Waals surface area contributed by atoms with Gasteiger partial charge in [-0.05, 0) is 222 Å². The number of carbonyl (C=O) groups is 6. The van der Waals surface area contributed by atoms with E-state index in [1.165, 1.54) is 67.0 Å². The number of morpholine rings is 1. The van der Waals surface area contributed by atoms with Crippen LogP contribution in [0.25, 0.3) is 32.3 Å². The molecule has 9 aliphatic heterocycles. The van der Waals surface area contributed by atoms with Crippen molar-refractivity contribution in [2.45, 2.75) is 115 Å². The highest BCUT2D eigenvalue weighted by Crippen LogP contribution is 2.46. The molecular weight excluding hydrogens is 1520 g/mol. The SMILES string of the molecule is [2H]C1(N2C(=O)c3cccc4c(Cc5ccc(CC6CCN(Cc7ccccc7)CC6)cc5)ccc2c34)CCC(=C)NC1=O.[2H]C1(N2C(=O)c3cccc4c(Cc5ccc(CN6CCN(c7ccc(Cl)cc7F)CC6)cc5)ccc2c34)CCC(=C)NC1=O.[2H]C1(N2C(=O)c3cccc4c(Cc5ccc(CN6CCOCC6)cc5)ccc2c34)CCC(=C)NC1=O. The van der Waals surface area contributed by atoms with Gasteiger partial charge in [-0.1, -0.05) is 189 Å². The van der Waals surface area contributed by atoms with Crippen LogP contribution < -0.4 is 35.6 Å². The van der Waals surface area contributed by atoms with Gasteiger partial charge in [0.05, 0.1) is 40.1 Å². The fourth-order valence-corrected chi connectivity index (χ4v) is 18.9. The highest BCUT2D eigenvalue weighted by Gasteiger charge is 2.44. The number of nitrogens with zero attached hydrogens (tertiary/aromatic N) is 7. The van der Waals surface area contributed by atoms with E-state index in [4.69, 9.17) is 20.5 Å². The van der Waals surface area contributed by atoms with Crippen LogP contribution in [0.15, 0.2) is 249 Å². The summed E-state index contributed by atoms with van der Waals surface area (Å²) in [4.78, 5) is 92.8. The Morgan fingerprint density at radius 3 is 1.13 bits per heavy atom.